The molecular formula is C26H56O11Si. The average Bonchev–Trinajstić information content (AvgIpc) is 2.92. The van der Waals surface area contributed by atoms with Gasteiger partial charge in [0.15, 0.2) is 8.32 Å². The van der Waals surface area contributed by atoms with Crippen LogP contribution in [-0.4, -0.2) is 149 Å². The summed E-state index contributed by atoms with van der Waals surface area (Å²) in [4.78, 5) is 0. The second kappa shape index (κ2) is 28.3. The van der Waals surface area contributed by atoms with Crippen molar-refractivity contribution in [3.8, 4) is 0 Å². The second-order valence-corrected chi connectivity index (χ2v) is 13.4. The van der Waals surface area contributed by atoms with Crippen LogP contribution in [0.5, 0.6) is 0 Å². The van der Waals surface area contributed by atoms with Gasteiger partial charge in [-0.15, -0.1) is 0 Å². The minimum Gasteiger partial charge on any atom is -0.420 e. The molecule has 0 radical (unpaired) electrons. The Kier molecular flexibility index (Phi) is 28.1. The number of hydrogen-bond donors (Lipinski definition) is 0. The van der Waals surface area contributed by atoms with Crippen LogP contribution < -0.4 is 0 Å². The first kappa shape index (κ1) is 37.8. The maximum atomic E-state index is 5.96. The summed E-state index contributed by atoms with van der Waals surface area (Å²) in [6.45, 7) is 9.78. The Labute approximate surface area is 232 Å². The fraction of sp³-hybridized carbons (Fsp3) is 1.00. The van der Waals surface area contributed by atoms with Crippen molar-refractivity contribution in [2.75, 3.05) is 128 Å². The van der Waals surface area contributed by atoms with Gasteiger partial charge in [-0.25, -0.2) is 0 Å². The quantitative estimate of drug-likeness (QED) is 0.0904. The normalized spacial score (nSPS) is 15.0. The highest BCUT2D eigenvalue weighted by molar-refractivity contribution is 6.72. The number of hydrogen-bond acceptors (Lipinski definition) is 11. The molecule has 0 heterocycles. The minimum atomic E-state index is -1.82. The molecule has 0 aromatic carbocycles. The fourth-order valence-corrected chi connectivity index (χ4v) is 5.90. The van der Waals surface area contributed by atoms with Crippen molar-refractivity contribution in [2.24, 2.45) is 0 Å². The highest BCUT2D eigenvalue weighted by Crippen LogP contribution is 2.20. The van der Waals surface area contributed by atoms with Gasteiger partial charge in [-0.05, 0) is 31.5 Å². The Morgan fingerprint density at radius 1 is 0.447 bits per heavy atom. The Morgan fingerprint density at radius 3 is 1.13 bits per heavy atom. The third-order valence-corrected chi connectivity index (χ3v) is 9.65. The zero-order chi connectivity index (χ0) is 28.2. The van der Waals surface area contributed by atoms with Crippen molar-refractivity contribution in [1.82, 2.24) is 0 Å². The van der Waals surface area contributed by atoms with Crippen LogP contribution in [0.25, 0.3) is 0 Å². The molecule has 0 saturated heterocycles. The van der Waals surface area contributed by atoms with Gasteiger partial charge in [0, 0.05) is 48.8 Å². The van der Waals surface area contributed by atoms with Crippen molar-refractivity contribution in [1.29, 1.82) is 0 Å². The number of rotatable bonds is 31. The Balaban J connectivity index is 4.19. The lowest BCUT2D eigenvalue weighted by molar-refractivity contribution is -0.0744. The van der Waals surface area contributed by atoms with E-state index in [9.17, 15) is 0 Å². The summed E-state index contributed by atoms with van der Waals surface area (Å²) in [5.74, 6) is 0. The van der Waals surface area contributed by atoms with Crippen molar-refractivity contribution < 1.29 is 51.8 Å². The van der Waals surface area contributed by atoms with Gasteiger partial charge < -0.3 is 51.8 Å². The second-order valence-electron chi connectivity index (χ2n) is 9.12. The van der Waals surface area contributed by atoms with Crippen LogP contribution in [-0.2, 0) is 51.8 Å². The predicted molar refractivity (Wildman–Crippen MR) is 148 cm³/mol. The molecule has 0 bridgehead atoms. The third-order valence-electron chi connectivity index (χ3n) is 5.84. The molecule has 0 rings (SSSR count). The van der Waals surface area contributed by atoms with E-state index in [0.717, 1.165) is 24.9 Å². The van der Waals surface area contributed by atoms with E-state index in [2.05, 4.69) is 6.55 Å². The van der Waals surface area contributed by atoms with E-state index >= 15 is 0 Å². The fourth-order valence-electron chi connectivity index (χ4n) is 3.45. The van der Waals surface area contributed by atoms with Gasteiger partial charge in [0.05, 0.1) is 79.3 Å². The molecule has 12 heteroatoms. The van der Waals surface area contributed by atoms with E-state index in [4.69, 9.17) is 51.8 Å². The van der Waals surface area contributed by atoms with E-state index in [-0.39, 0.29) is 12.2 Å². The van der Waals surface area contributed by atoms with Crippen LogP contribution in [0, 0.1) is 0 Å². The van der Waals surface area contributed by atoms with E-state index < -0.39 is 8.32 Å². The zero-order valence-corrected chi connectivity index (χ0v) is 25.9. The molecule has 2 unspecified atom stereocenters. The van der Waals surface area contributed by atoms with Crippen LogP contribution >= 0.6 is 0 Å². The largest absolute Gasteiger partial charge is 0.420 e. The monoisotopic (exact) mass is 572 g/mol. The zero-order valence-electron chi connectivity index (χ0n) is 24.9. The molecule has 0 saturated carbocycles. The van der Waals surface area contributed by atoms with Crippen LogP contribution in [0.2, 0.25) is 18.6 Å². The first-order valence-corrected chi connectivity index (χ1v) is 16.4. The summed E-state index contributed by atoms with van der Waals surface area (Å²) < 4.78 is 60.8. The Bertz CT molecular complexity index is 440. The van der Waals surface area contributed by atoms with Gasteiger partial charge in [0.2, 0.25) is 0 Å². The minimum absolute atomic E-state index is 0.127. The summed E-state index contributed by atoms with van der Waals surface area (Å²) in [6.07, 6.45) is 1.64. The van der Waals surface area contributed by atoms with E-state index in [1.165, 1.54) is 0 Å². The van der Waals surface area contributed by atoms with Crippen molar-refractivity contribution in [2.45, 2.75) is 43.7 Å². The maximum absolute atomic E-state index is 5.96. The smallest absolute Gasteiger partial charge is 0.189 e. The van der Waals surface area contributed by atoms with Gasteiger partial charge in [0.1, 0.15) is 12.2 Å². The van der Waals surface area contributed by atoms with Gasteiger partial charge in [-0.2, -0.15) is 0 Å². The summed E-state index contributed by atoms with van der Waals surface area (Å²) >= 11 is 0. The van der Waals surface area contributed by atoms with E-state index in [1.807, 2.05) is 7.11 Å². The summed E-state index contributed by atoms with van der Waals surface area (Å²) in [6, 6.07) is 2.05. The van der Waals surface area contributed by atoms with Crippen LogP contribution in [0.1, 0.15) is 12.8 Å². The van der Waals surface area contributed by atoms with Crippen molar-refractivity contribution in [3.05, 3.63) is 0 Å². The lowest BCUT2D eigenvalue weighted by Gasteiger charge is -2.26. The van der Waals surface area contributed by atoms with E-state index in [1.54, 1.807) is 28.4 Å². The molecular weight excluding hydrogens is 516 g/mol. The summed E-state index contributed by atoms with van der Waals surface area (Å²) in [7, 11) is 6.62. The molecule has 38 heavy (non-hydrogen) atoms. The molecule has 0 aliphatic carbocycles. The van der Waals surface area contributed by atoms with Gasteiger partial charge in [-0.1, -0.05) is 0 Å². The van der Waals surface area contributed by atoms with Crippen LogP contribution in [0.4, 0.5) is 0 Å². The number of methoxy groups -OCH3 is 4. The SMILES string of the molecule is COCCOCC(COCCC[Si](C)(CCCOCC(COCCOC)OCCOC)OC)OCCOC. The Hall–Kier alpha value is -0.223. The average molecular weight is 573 g/mol. The van der Waals surface area contributed by atoms with Crippen LogP contribution in [0.3, 0.4) is 0 Å². The third kappa shape index (κ3) is 23.6. The molecule has 0 spiro atoms. The van der Waals surface area contributed by atoms with Crippen LogP contribution in [0.15, 0.2) is 0 Å². The molecule has 230 valence electrons. The Morgan fingerprint density at radius 2 is 0.789 bits per heavy atom. The number of ether oxygens (including phenoxy) is 10. The molecule has 0 aromatic heterocycles. The molecule has 0 N–H and O–H groups in total. The lowest BCUT2D eigenvalue weighted by atomic mass is 10.4. The molecule has 0 aliphatic heterocycles. The first-order chi connectivity index (χ1) is 18.5. The molecule has 0 amide bonds. The molecule has 0 aliphatic rings. The standard InChI is InChI=1S/C26H56O11Si/c1-27-11-15-34-23-25(36-17-13-29-3)21-32-9-7-19-38(6,31-5)20-8-10-33-22-26(37-18-14-30-4)24-35-16-12-28-2/h25-26H,7-24H2,1-6H3. The van der Waals surface area contributed by atoms with Gasteiger partial charge in [0.25, 0.3) is 0 Å². The highest BCUT2D eigenvalue weighted by Gasteiger charge is 2.26. The van der Waals surface area contributed by atoms with Gasteiger partial charge in [-0.3, -0.25) is 0 Å². The first-order valence-electron chi connectivity index (χ1n) is 13.6. The van der Waals surface area contributed by atoms with Gasteiger partial charge >= 0.3 is 0 Å². The summed E-state index contributed by atoms with van der Waals surface area (Å²) in [5, 5.41) is 0. The van der Waals surface area contributed by atoms with E-state index in [0.29, 0.717) is 92.5 Å². The topological polar surface area (TPSA) is 102 Å². The highest BCUT2D eigenvalue weighted by atomic mass is 28.4. The van der Waals surface area contributed by atoms with Crippen molar-refractivity contribution >= 4 is 8.32 Å². The molecule has 0 aromatic rings. The summed E-state index contributed by atoms with van der Waals surface area (Å²) in [5.41, 5.74) is 0. The molecule has 11 nitrogen and oxygen atoms in total. The van der Waals surface area contributed by atoms with Crippen molar-refractivity contribution in [3.63, 3.8) is 0 Å². The maximum Gasteiger partial charge on any atom is 0.189 e. The molecule has 0 fully saturated rings. The predicted octanol–water partition coefficient (Wildman–Crippen LogP) is 2.41. The molecule has 2 atom stereocenters. The lowest BCUT2D eigenvalue weighted by Crippen LogP contribution is -2.34.